The Balaban J connectivity index is 1.65. The number of fused-ring (bicyclic) bond motifs is 1. The third-order valence-electron chi connectivity index (χ3n) is 3.41. The van der Waals surface area contributed by atoms with Crippen molar-refractivity contribution in [3.05, 3.63) is 57.8 Å². The maximum Gasteiger partial charge on any atom is 0.123 e. The van der Waals surface area contributed by atoms with Gasteiger partial charge < -0.3 is 10.1 Å². The predicted octanol–water partition coefficient (Wildman–Crippen LogP) is 4.31. The van der Waals surface area contributed by atoms with Crippen molar-refractivity contribution >= 4 is 21.6 Å². The number of halogens is 2. The molecule has 0 bridgehead atoms. The Hall–Kier alpha value is -1.55. The molecule has 0 aliphatic carbocycles. The highest BCUT2D eigenvalue weighted by Gasteiger charge is 2.23. The molecule has 1 N–H and O–H groups in total. The molecule has 2 aromatic rings. The zero-order valence-corrected chi connectivity index (χ0v) is 12.7. The van der Waals surface area contributed by atoms with Crippen LogP contribution in [0.15, 0.2) is 40.9 Å². The Kier molecular flexibility index (Phi) is 3.66. The fraction of sp³-hybridized carbons (Fsp3) is 0.250. The molecular formula is C16H15BrFNO. The van der Waals surface area contributed by atoms with Gasteiger partial charge in [0.2, 0.25) is 0 Å². The average molecular weight is 336 g/mol. The van der Waals surface area contributed by atoms with Crippen molar-refractivity contribution in [2.75, 3.05) is 11.9 Å². The Morgan fingerprint density at radius 2 is 2.15 bits per heavy atom. The fourth-order valence-corrected chi connectivity index (χ4v) is 2.79. The van der Waals surface area contributed by atoms with Gasteiger partial charge in [0.05, 0.1) is 6.54 Å². The smallest absolute Gasteiger partial charge is 0.123 e. The van der Waals surface area contributed by atoms with Crippen LogP contribution in [0.3, 0.4) is 0 Å². The highest BCUT2D eigenvalue weighted by atomic mass is 79.9. The Labute approximate surface area is 126 Å². The van der Waals surface area contributed by atoms with Crippen LogP contribution in [0.5, 0.6) is 5.75 Å². The van der Waals surface area contributed by atoms with Crippen LogP contribution in [0.2, 0.25) is 0 Å². The molecule has 20 heavy (non-hydrogen) atoms. The molecule has 0 saturated carbocycles. The van der Waals surface area contributed by atoms with Crippen LogP contribution < -0.4 is 10.1 Å². The van der Waals surface area contributed by atoms with E-state index in [1.807, 2.05) is 6.07 Å². The first-order valence-electron chi connectivity index (χ1n) is 6.57. The maximum atomic E-state index is 13.2. The lowest BCUT2D eigenvalue weighted by atomic mass is 10.1. The molecule has 2 aromatic carbocycles. The number of hydrogen-bond donors (Lipinski definition) is 1. The van der Waals surface area contributed by atoms with Gasteiger partial charge in [-0.2, -0.15) is 0 Å². The zero-order valence-electron chi connectivity index (χ0n) is 11.1. The molecule has 0 saturated heterocycles. The lowest BCUT2D eigenvalue weighted by molar-refractivity contribution is 0.246. The molecule has 1 unspecified atom stereocenters. The van der Waals surface area contributed by atoms with Crippen LogP contribution in [0.1, 0.15) is 11.1 Å². The van der Waals surface area contributed by atoms with Crippen LogP contribution in [0.4, 0.5) is 10.1 Å². The maximum absolute atomic E-state index is 13.2. The van der Waals surface area contributed by atoms with Gasteiger partial charge in [-0.05, 0) is 58.7 Å². The van der Waals surface area contributed by atoms with Gasteiger partial charge in [0.25, 0.3) is 0 Å². The van der Waals surface area contributed by atoms with E-state index < -0.39 is 0 Å². The first kappa shape index (κ1) is 13.4. The summed E-state index contributed by atoms with van der Waals surface area (Å²) in [4.78, 5) is 0. The molecule has 0 radical (unpaired) electrons. The van der Waals surface area contributed by atoms with Crippen molar-refractivity contribution in [3.63, 3.8) is 0 Å². The summed E-state index contributed by atoms with van der Waals surface area (Å²) >= 11 is 3.52. The monoisotopic (exact) mass is 335 g/mol. The molecule has 0 fully saturated rings. The predicted molar refractivity (Wildman–Crippen MR) is 81.9 cm³/mol. The molecule has 1 heterocycles. The standard InChI is InChI=1S/C16H15BrFNO/c1-10-2-4-14(17)15(6-10)19-9-13-8-11-7-12(18)3-5-16(11)20-13/h2-7,13,19H,8-9H2,1H3. The van der Waals surface area contributed by atoms with Crippen LogP contribution in [-0.2, 0) is 6.42 Å². The number of anilines is 1. The topological polar surface area (TPSA) is 21.3 Å². The number of aryl methyl sites for hydroxylation is 1. The zero-order chi connectivity index (χ0) is 14.1. The number of benzene rings is 2. The Bertz CT molecular complexity index is 644. The third kappa shape index (κ3) is 2.80. The van der Waals surface area contributed by atoms with E-state index in [0.717, 1.165) is 27.9 Å². The van der Waals surface area contributed by atoms with Crippen LogP contribution in [-0.4, -0.2) is 12.6 Å². The summed E-state index contributed by atoms with van der Waals surface area (Å²) in [6.07, 6.45) is 0.781. The summed E-state index contributed by atoms with van der Waals surface area (Å²) in [5.41, 5.74) is 3.20. The molecule has 0 aromatic heterocycles. The van der Waals surface area contributed by atoms with Crippen molar-refractivity contribution in [1.82, 2.24) is 0 Å². The fourth-order valence-electron chi connectivity index (χ4n) is 2.40. The van der Waals surface area contributed by atoms with E-state index in [2.05, 4.69) is 40.3 Å². The third-order valence-corrected chi connectivity index (χ3v) is 4.10. The Morgan fingerprint density at radius 1 is 1.30 bits per heavy atom. The van der Waals surface area contributed by atoms with E-state index in [1.54, 1.807) is 12.1 Å². The molecule has 1 aliphatic heterocycles. The van der Waals surface area contributed by atoms with E-state index in [0.29, 0.717) is 6.54 Å². The minimum Gasteiger partial charge on any atom is -0.488 e. The second-order valence-electron chi connectivity index (χ2n) is 5.06. The van der Waals surface area contributed by atoms with Gasteiger partial charge in [-0.1, -0.05) is 6.07 Å². The van der Waals surface area contributed by atoms with Crippen molar-refractivity contribution < 1.29 is 9.13 Å². The minimum absolute atomic E-state index is 0.0409. The molecule has 3 rings (SSSR count). The van der Waals surface area contributed by atoms with Gasteiger partial charge in [-0.15, -0.1) is 0 Å². The highest BCUT2D eigenvalue weighted by Crippen LogP contribution is 2.30. The summed E-state index contributed by atoms with van der Waals surface area (Å²) < 4.78 is 20.0. The number of nitrogens with one attached hydrogen (secondary N) is 1. The number of ether oxygens (including phenoxy) is 1. The van der Waals surface area contributed by atoms with Crippen LogP contribution >= 0.6 is 15.9 Å². The largest absolute Gasteiger partial charge is 0.488 e. The second-order valence-corrected chi connectivity index (χ2v) is 5.91. The van der Waals surface area contributed by atoms with E-state index in [-0.39, 0.29) is 11.9 Å². The number of rotatable bonds is 3. The van der Waals surface area contributed by atoms with Crippen molar-refractivity contribution in [1.29, 1.82) is 0 Å². The lowest BCUT2D eigenvalue weighted by Gasteiger charge is -2.14. The van der Waals surface area contributed by atoms with Gasteiger partial charge in [0, 0.05) is 22.1 Å². The Morgan fingerprint density at radius 3 is 3.00 bits per heavy atom. The van der Waals surface area contributed by atoms with E-state index >= 15 is 0 Å². The molecule has 0 spiro atoms. The van der Waals surface area contributed by atoms with Crippen molar-refractivity contribution in [2.45, 2.75) is 19.4 Å². The average Bonchev–Trinajstić information content (AvgIpc) is 2.81. The highest BCUT2D eigenvalue weighted by molar-refractivity contribution is 9.10. The van der Waals surface area contributed by atoms with E-state index in [1.165, 1.54) is 11.6 Å². The minimum atomic E-state index is -0.206. The summed E-state index contributed by atoms with van der Waals surface area (Å²) in [6.45, 7) is 2.75. The molecule has 1 aliphatic rings. The second kappa shape index (κ2) is 5.44. The van der Waals surface area contributed by atoms with Gasteiger partial charge in [-0.3, -0.25) is 0 Å². The molecule has 104 valence electrons. The number of hydrogen-bond acceptors (Lipinski definition) is 2. The molecule has 1 atom stereocenters. The summed E-state index contributed by atoms with van der Waals surface area (Å²) in [5, 5.41) is 3.38. The molecular weight excluding hydrogens is 321 g/mol. The van der Waals surface area contributed by atoms with Crippen LogP contribution in [0, 0.1) is 12.7 Å². The lowest BCUT2D eigenvalue weighted by Crippen LogP contribution is -2.24. The molecule has 4 heteroatoms. The van der Waals surface area contributed by atoms with E-state index in [9.17, 15) is 4.39 Å². The summed E-state index contributed by atoms with van der Waals surface area (Å²) in [5.74, 6) is 0.587. The SMILES string of the molecule is Cc1ccc(Br)c(NCC2Cc3cc(F)ccc3O2)c1. The van der Waals surface area contributed by atoms with Crippen molar-refractivity contribution in [3.8, 4) is 5.75 Å². The van der Waals surface area contributed by atoms with Gasteiger partial charge in [0.1, 0.15) is 17.7 Å². The van der Waals surface area contributed by atoms with E-state index in [4.69, 9.17) is 4.74 Å². The quantitative estimate of drug-likeness (QED) is 0.902. The molecule has 0 amide bonds. The first-order valence-corrected chi connectivity index (χ1v) is 7.36. The van der Waals surface area contributed by atoms with Crippen LogP contribution in [0.25, 0.3) is 0 Å². The van der Waals surface area contributed by atoms with Gasteiger partial charge >= 0.3 is 0 Å². The molecule has 2 nitrogen and oxygen atoms in total. The van der Waals surface area contributed by atoms with Crippen molar-refractivity contribution in [2.24, 2.45) is 0 Å². The summed E-state index contributed by atoms with van der Waals surface area (Å²) in [6, 6.07) is 10.9. The summed E-state index contributed by atoms with van der Waals surface area (Å²) in [7, 11) is 0. The van der Waals surface area contributed by atoms with Gasteiger partial charge in [0.15, 0.2) is 0 Å². The normalized spacial score (nSPS) is 16.6. The van der Waals surface area contributed by atoms with Gasteiger partial charge in [-0.25, -0.2) is 4.39 Å². The first-order chi connectivity index (χ1) is 9.61.